The van der Waals surface area contributed by atoms with Crippen LogP contribution in [0.5, 0.6) is 0 Å². The number of nitro groups is 1. The van der Waals surface area contributed by atoms with Gasteiger partial charge >= 0.3 is 5.88 Å². The summed E-state index contributed by atoms with van der Waals surface area (Å²) in [6.07, 6.45) is 6.10. The highest BCUT2D eigenvalue weighted by Crippen LogP contribution is 2.33. The van der Waals surface area contributed by atoms with Gasteiger partial charge in [-0.2, -0.15) is 5.12 Å². The Morgan fingerprint density at radius 2 is 2.03 bits per heavy atom. The van der Waals surface area contributed by atoms with Crippen LogP contribution in [0, 0.1) is 10.1 Å². The number of hydrogen-bond acceptors (Lipinski definition) is 7. The molecule has 1 saturated heterocycles. The molecule has 1 N–H and O–H groups in total. The van der Waals surface area contributed by atoms with Gasteiger partial charge in [0.2, 0.25) is 0 Å². The number of para-hydroxylation sites is 1. The van der Waals surface area contributed by atoms with Crippen LogP contribution in [0.3, 0.4) is 0 Å². The third-order valence-corrected chi connectivity index (χ3v) is 5.28. The third-order valence-electron chi connectivity index (χ3n) is 5.28. The summed E-state index contributed by atoms with van der Waals surface area (Å²) in [7, 11) is 0. The van der Waals surface area contributed by atoms with E-state index in [4.69, 9.17) is 4.42 Å². The van der Waals surface area contributed by atoms with Gasteiger partial charge in [0.05, 0.1) is 11.8 Å². The molecule has 2 aliphatic heterocycles. The van der Waals surface area contributed by atoms with Crippen molar-refractivity contribution in [1.29, 1.82) is 0 Å². The Balaban J connectivity index is 1.46. The molecule has 0 amide bonds. The lowest BCUT2D eigenvalue weighted by Gasteiger charge is -2.28. The summed E-state index contributed by atoms with van der Waals surface area (Å²) in [6, 6.07) is 9.93. The molecule has 0 spiro atoms. The number of likely N-dealkylation sites (tertiary alicyclic amines) is 1. The Kier molecular flexibility index (Phi) is 6.20. The molecule has 2 aromatic rings. The van der Waals surface area contributed by atoms with Gasteiger partial charge in [-0.3, -0.25) is 15.4 Å². The Morgan fingerprint density at radius 3 is 2.80 bits per heavy atom. The summed E-state index contributed by atoms with van der Waals surface area (Å²) in [5.41, 5.74) is 1.20. The molecule has 0 aliphatic carbocycles. The van der Waals surface area contributed by atoms with Crippen LogP contribution in [0.2, 0.25) is 0 Å². The Morgan fingerprint density at radius 1 is 1.23 bits per heavy atom. The topological polar surface area (TPSA) is 87.1 Å². The molecule has 8 nitrogen and oxygen atoms in total. The Hall–Kier alpha value is -3.04. The van der Waals surface area contributed by atoms with Crippen LogP contribution in [0.1, 0.15) is 36.8 Å². The second-order valence-corrected chi connectivity index (χ2v) is 7.35. The van der Waals surface area contributed by atoms with Gasteiger partial charge in [-0.05, 0) is 69.7 Å². The zero-order valence-corrected chi connectivity index (χ0v) is 16.5. The molecular weight excluding hydrogens is 389 g/mol. The lowest BCUT2D eigenvalue weighted by Crippen LogP contribution is -2.33. The predicted octanol–water partition coefficient (Wildman–Crippen LogP) is 4.08. The molecule has 1 unspecified atom stereocenters. The molecule has 2 aliphatic rings. The van der Waals surface area contributed by atoms with Crippen molar-refractivity contribution in [3.63, 3.8) is 0 Å². The summed E-state index contributed by atoms with van der Waals surface area (Å²) in [5.74, 6) is -0.00296. The number of furan rings is 1. The third kappa shape index (κ3) is 4.58. The van der Waals surface area contributed by atoms with Gasteiger partial charge in [-0.15, -0.1) is 0 Å². The highest BCUT2D eigenvalue weighted by Gasteiger charge is 2.26. The van der Waals surface area contributed by atoms with Crippen LogP contribution >= 0.6 is 0 Å². The minimum absolute atomic E-state index is 0.102. The standard InChI is InChI=1S/C21H24FN5O3/c22-26-18-7-2-1-6-17(18)21(23-12-5-15-25-13-3-4-14-25)24-19(26)10-8-16-9-11-20(30-16)27(28)29/h1-2,6-11,21,23H,3-5,12-15H2. The van der Waals surface area contributed by atoms with Crippen LogP contribution in [0.15, 0.2) is 51.9 Å². The fourth-order valence-corrected chi connectivity index (χ4v) is 3.77. The van der Waals surface area contributed by atoms with E-state index in [0.717, 1.165) is 25.1 Å². The van der Waals surface area contributed by atoms with Crippen LogP contribution < -0.4 is 10.4 Å². The molecule has 30 heavy (non-hydrogen) atoms. The van der Waals surface area contributed by atoms with Gasteiger partial charge in [0.25, 0.3) is 0 Å². The lowest BCUT2D eigenvalue weighted by molar-refractivity contribution is -0.402. The zero-order valence-electron chi connectivity index (χ0n) is 16.5. The summed E-state index contributed by atoms with van der Waals surface area (Å²) >= 11 is 0. The number of anilines is 1. The molecule has 158 valence electrons. The quantitative estimate of drug-likeness (QED) is 0.304. The number of nitrogens with one attached hydrogen (secondary N) is 1. The van der Waals surface area contributed by atoms with Crippen molar-refractivity contribution < 1.29 is 13.8 Å². The first-order valence-corrected chi connectivity index (χ1v) is 10.1. The number of nitrogens with zero attached hydrogens (tertiary/aromatic N) is 4. The van der Waals surface area contributed by atoms with Crippen LogP contribution in [0.25, 0.3) is 6.08 Å². The van der Waals surface area contributed by atoms with Crippen molar-refractivity contribution in [2.45, 2.75) is 25.4 Å². The van der Waals surface area contributed by atoms with Crippen molar-refractivity contribution in [3.8, 4) is 0 Å². The number of hydrogen-bond donors (Lipinski definition) is 1. The molecule has 1 aromatic carbocycles. The maximum absolute atomic E-state index is 14.9. The van der Waals surface area contributed by atoms with E-state index in [0.29, 0.717) is 10.8 Å². The molecule has 0 radical (unpaired) electrons. The fourth-order valence-electron chi connectivity index (χ4n) is 3.77. The monoisotopic (exact) mass is 413 g/mol. The van der Waals surface area contributed by atoms with Crippen molar-refractivity contribution >= 4 is 23.5 Å². The maximum atomic E-state index is 14.9. The van der Waals surface area contributed by atoms with E-state index >= 15 is 0 Å². The molecule has 9 heteroatoms. The minimum atomic E-state index is -0.616. The van der Waals surface area contributed by atoms with Crippen LogP contribution in [-0.4, -0.2) is 41.8 Å². The number of fused-ring (bicyclic) bond motifs is 1. The highest BCUT2D eigenvalue weighted by atomic mass is 19.2. The first-order chi connectivity index (χ1) is 14.6. The van der Waals surface area contributed by atoms with Gasteiger partial charge in [-0.1, -0.05) is 22.7 Å². The van der Waals surface area contributed by atoms with Gasteiger partial charge in [0.15, 0.2) is 5.84 Å². The lowest BCUT2D eigenvalue weighted by atomic mass is 10.1. The van der Waals surface area contributed by atoms with Gasteiger partial charge < -0.3 is 9.32 Å². The van der Waals surface area contributed by atoms with E-state index in [1.165, 1.54) is 50.2 Å². The van der Waals surface area contributed by atoms with Gasteiger partial charge in [0.1, 0.15) is 16.8 Å². The highest BCUT2D eigenvalue weighted by molar-refractivity contribution is 6.07. The summed E-state index contributed by atoms with van der Waals surface area (Å²) in [6.45, 7) is 4.15. The largest absolute Gasteiger partial charge is 0.433 e. The number of aliphatic imine (C=N–C) groups is 1. The first-order valence-electron chi connectivity index (χ1n) is 10.1. The number of rotatable bonds is 8. The maximum Gasteiger partial charge on any atom is 0.433 e. The van der Waals surface area contributed by atoms with Crippen molar-refractivity contribution in [3.05, 3.63) is 63.9 Å². The molecule has 0 bridgehead atoms. The number of benzene rings is 1. The van der Waals surface area contributed by atoms with E-state index in [1.54, 1.807) is 12.1 Å². The zero-order chi connectivity index (χ0) is 20.9. The SMILES string of the molecule is O=[N+]([O-])c1ccc(C=CC2=NC(NCCCN3CCCC3)c3ccccc3N2F)o1. The average Bonchev–Trinajstić information content (AvgIpc) is 3.44. The summed E-state index contributed by atoms with van der Waals surface area (Å²) in [5, 5.41) is 14.7. The van der Waals surface area contributed by atoms with Crippen LogP contribution in [0.4, 0.5) is 16.1 Å². The Bertz CT molecular complexity index is 952. The van der Waals surface area contributed by atoms with Crippen molar-refractivity contribution in [2.24, 2.45) is 4.99 Å². The molecule has 1 aromatic heterocycles. The molecule has 1 atom stereocenters. The predicted molar refractivity (Wildman–Crippen MR) is 113 cm³/mol. The average molecular weight is 413 g/mol. The fraction of sp³-hybridized carbons (Fsp3) is 0.381. The van der Waals surface area contributed by atoms with E-state index < -0.39 is 4.92 Å². The molecule has 3 heterocycles. The van der Waals surface area contributed by atoms with Crippen LogP contribution in [-0.2, 0) is 0 Å². The normalized spacial score (nSPS) is 19.3. The van der Waals surface area contributed by atoms with E-state index in [-0.39, 0.29) is 23.6 Å². The van der Waals surface area contributed by atoms with E-state index in [1.807, 2.05) is 12.1 Å². The summed E-state index contributed by atoms with van der Waals surface area (Å²) < 4.78 is 20.0. The number of halogens is 1. The second-order valence-electron chi connectivity index (χ2n) is 7.35. The second kappa shape index (κ2) is 9.19. The van der Waals surface area contributed by atoms with E-state index in [2.05, 4.69) is 15.2 Å². The summed E-state index contributed by atoms with van der Waals surface area (Å²) in [4.78, 5) is 17.1. The van der Waals surface area contributed by atoms with Gasteiger partial charge in [-0.25, -0.2) is 4.99 Å². The minimum Gasteiger partial charge on any atom is -0.401 e. The van der Waals surface area contributed by atoms with E-state index in [9.17, 15) is 14.6 Å². The smallest absolute Gasteiger partial charge is 0.401 e. The van der Waals surface area contributed by atoms with Gasteiger partial charge in [0, 0.05) is 5.56 Å². The van der Waals surface area contributed by atoms with Crippen molar-refractivity contribution in [1.82, 2.24) is 10.2 Å². The molecule has 0 saturated carbocycles. The van der Waals surface area contributed by atoms with Crippen molar-refractivity contribution in [2.75, 3.05) is 31.3 Å². The molecule has 4 rings (SSSR count). The Labute approximate surface area is 173 Å². The number of amidine groups is 1. The first kappa shape index (κ1) is 20.2. The molecule has 1 fully saturated rings. The molecular formula is C21H24FN5O3.